The first kappa shape index (κ1) is 13.7. The largest absolute Gasteiger partial charge is 0.385 e. The smallest absolute Gasteiger partial charge is 0.155 e. The highest BCUT2D eigenvalue weighted by molar-refractivity contribution is 5.92. The Morgan fingerprint density at radius 1 is 1.05 bits per heavy atom. The van der Waals surface area contributed by atoms with E-state index in [0.717, 1.165) is 44.1 Å². The number of Topliss-reactive ketones (excluding diaryl/α,β-unsaturated/α-hetero) is 1. The maximum Gasteiger partial charge on any atom is 0.155 e. The van der Waals surface area contributed by atoms with Crippen LogP contribution in [0.25, 0.3) is 0 Å². The molecule has 0 aromatic heterocycles. The molecule has 0 amide bonds. The van der Waals surface area contributed by atoms with Crippen LogP contribution in [0, 0.1) is 23.2 Å². The average Bonchev–Trinajstić information content (AvgIpc) is 2.76. The summed E-state index contributed by atoms with van der Waals surface area (Å²) in [5, 5.41) is 11.3. The van der Waals surface area contributed by atoms with Crippen molar-refractivity contribution in [2.24, 2.45) is 23.2 Å². The predicted molar refractivity (Wildman–Crippen MR) is 78.6 cm³/mol. The molecule has 3 saturated carbocycles. The summed E-state index contributed by atoms with van der Waals surface area (Å²) in [7, 11) is 0. The van der Waals surface area contributed by atoms with E-state index in [1.165, 1.54) is 0 Å². The highest BCUT2D eigenvalue weighted by Crippen LogP contribution is 2.61. The summed E-state index contributed by atoms with van der Waals surface area (Å²) in [5.74, 6) is 1.79. The molecule has 3 nitrogen and oxygen atoms in total. The van der Waals surface area contributed by atoms with Crippen molar-refractivity contribution in [1.29, 1.82) is 0 Å². The maximum absolute atomic E-state index is 12.3. The maximum atomic E-state index is 12.3. The Morgan fingerprint density at radius 2 is 1.86 bits per heavy atom. The van der Waals surface area contributed by atoms with Crippen LogP contribution in [0.2, 0.25) is 0 Å². The molecule has 0 heterocycles. The standard InChI is InChI=1S/C18H24O3/c1-17-8-7-15-13(14(17)4-5-16(17)20)3-2-11-10-12(19)6-9-18(11,15)21/h10,13-15,21H,2-9H2,1H3/t13?,14?,15?,17-,18+/m0/s1. The van der Waals surface area contributed by atoms with Crippen molar-refractivity contribution in [2.45, 2.75) is 63.9 Å². The highest BCUT2D eigenvalue weighted by atomic mass is 16.3. The number of rotatable bonds is 0. The van der Waals surface area contributed by atoms with E-state index in [9.17, 15) is 14.7 Å². The van der Waals surface area contributed by atoms with E-state index in [1.807, 2.05) is 0 Å². The molecular formula is C18H24O3. The lowest BCUT2D eigenvalue weighted by Gasteiger charge is -2.55. The second kappa shape index (κ2) is 4.28. The van der Waals surface area contributed by atoms with Gasteiger partial charge in [0.15, 0.2) is 5.78 Å². The second-order valence-electron chi connectivity index (χ2n) is 7.89. The molecule has 3 heteroatoms. The fourth-order valence-corrected chi connectivity index (χ4v) is 5.95. The quantitative estimate of drug-likeness (QED) is 0.745. The van der Waals surface area contributed by atoms with Crippen molar-refractivity contribution >= 4 is 11.6 Å². The van der Waals surface area contributed by atoms with E-state index in [-0.39, 0.29) is 17.1 Å². The fourth-order valence-electron chi connectivity index (χ4n) is 5.95. The summed E-state index contributed by atoms with van der Waals surface area (Å²) >= 11 is 0. The first-order chi connectivity index (χ1) is 9.95. The first-order valence-electron chi connectivity index (χ1n) is 8.45. The Morgan fingerprint density at radius 3 is 2.67 bits per heavy atom. The number of hydrogen-bond acceptors (Lipinski definition) is 3. The molecule has 4 rings (SSSR count). The van der Waals surface area contributed by atoms with Crippen LogP contribution in [0.5, 0.6) is 0 Å². The molecule has 0 spiro atoms. The molecule has 0 bridgehead atoms. The van der Waals surface area contributed by atoms with Gasteiger partial charge in [0.2, 0.25) is 0 Å². The van der Waals surface area contributed by atoms with E-state index in [4.69, 9.17) is 0 Å². The molecule has 3 fully saturated rings. The topological polar surface area (TPSA) is 54.4 Å². The van der Waals surface area contributed by atoms with E-state index < -0.39 is 5.60 Å². The minimum absolute atomic E-state index is 0.136. The zero-order valence-corrected chi connectivity index (χ0v) is 12.7. The third-order valence-corrected chi connectivity index (χ3v) is 7.15. The van der Waals surface area contributed by atoms with Crippen molar-refractivity contribution in [2.75, 3.05) is 0 Å². The zero-order valence-electron chi connectivity index (χ0n) is 12.7. The Hall–Kier alpha value is -0.960. The van der Waals surface area contributed by atoms with Gasteiger partial charge in [0.1, 0.15) is 5.78 Å². The van der Waals surface area contributed by atoms with E-state index in [1.54, 1.807) is 6.08 Å². The third kappa shape index (κ3) is 1.70. The van der Waals surface area contributed by atoms with Crippen LogP contribution in [0.3, 0.4) is 0 Å². The molecule has 1 N–H and O–H groups in total. The lowest BCUT2D eigenvalue weighted by atomic mass is 9.51. The van der Waals surface area contributed by atoms with Crippen LogP contribution in [0.15, 0.2) is 11.6 Å². The van der Waals surface area contributed by atoms with Gasteiger partial charge in [-0.2, -0.15) is 0 Å². The van der Waals surface area contributed by atoms with Gasteiger partial charge in [-0.1, -0.05) is 6.92 Å². The van der Waals surface area contributed by atoms with Crippen molar-refractivity contribution in [3.8, 4) is 0 Å². The van der Waals surface area contributed by atoms with Gasteiger partial charge in [-0.05, 0) is 67.9 Å². The molecule has 4 aliphatic rings. The number of carbonyl (C=O) groups excluding carboxylic acids is 2. The van der Waals surface area contributed by atoms with Crippen LogP contribution in [0.1, 0.15) is 58.3 Å². The van der Waals surface area contributed by atoms with Crippen molar-refractivity contribution in [3.05, 3.63) is 11.6 Å². The van der Waals surface area contributed by atoms with Crippen LogP contribution < -0.4 is 0 Å². The number of carbonyl (C=O) groups is 2. The van der Waals surface area contributed by atoms with Crippen LogP contribution in [0.4, 0.5) is 0 Å². The predicted octanol–water partition coefficient (Wildman–Crippen LogP) is 2.81. The van der Waals surface area contributed by atoms with E-state index in [2.05, 4.69) is 6.92 Å². The van der Waals surface area contributed by atoms with Gasteiger partial charge in [-0.15, -0.1) is 0 Å². The van der Waals surface area contributed by atoms with Gasteiger partial charge in [0.25, 0.3) is 0 Å². The van der Waals surface area contributed by atoms with Gasteiger partial charge in [0, 0.05) is 18.3 Å². The number of ketones is 2. The van der Waals surface area contributed by atoms with E-state index >= 15 is 0 Å². The molecule has 3 unspecified atom stereocenters. The molecule has 0 aliphatic heterocycles. The minimum atomic E-state index is -0.760. The lowest BCUT2D eigenvalue weighted by Crippen LogP contribution is -2.55. The Labute approximate surface area is 125 Å². The zero-order chi connectivity index (χ0) is 14.8. The van der Waals surface area contributed by atoms with Gasteiger partial charge in [0.05, 0.1) is 5.60 Å². The van der Waals surface area contributed by atoms with Gasteiger partial charge >= 0.3 is 0 Å². The van der Waals surface area contributed by atoms with Gasteiger partial charge in [-0.25, -0.2) is 0 Å². The third-order valence-electron chi connectivity index (χ3n) is 7.15. The molecule has 21 heavy (non-hydrogen) atoms. The average molecular weight is 288 g/mol. The van der Waals surface area contributed by atoms with Crippen molar-refractivity contribution in [3.63, 3.8) is 0 Å². The molecule has 114 valence electrons. The molecule has 0 aromatic carbocycles. The fraction of sp³-hybridized carbons (Fsp3) is 0.778. The molecule has 0 saturated heterocycles. The second-order valence-corrected chi connectivity index (χ2v) is 7.89. The Bertz CT molecular complexity index is 549. The SMILES string of the molecule is C[C@]12CCC3C(CCC4=CC(=O)CC[C@@]43O)C1CCC2=O. The lowest BCUT2D eigenvalue weighted by molar-refractivity contribution is -0.138. The molecule has 4 aliphatic carbocycles. The monoisotopic (exact) mass is 288 g/mol. The molecule has 0 aromatic rings. The summed E-state index contributed by atoms with van der Waals surface area (Å²) in [4.78, 5) is 24.0. The molecule has 5 atom stereocenters. The Balaban J connectivity index is 1.70. The van der Waals surface area contributed by atoms with Gasteiger partial charge in [-0.3, -0.25) is 9.59 Å². The highest BCUT2D eigenvalue weighted by Gasteiger charge is 2.59. The Kier molecular flexibility index (Phi) is 2.79. The minimum Gasteiger partial charge on any atom is -0.385 e. The summed E-state index contributed by atoms with van der Waals surface area (Å²) in [5.41, 5.74) is 0.0838. The van der Waals surface area contributed by atoms with Crippen LogP contribution in [-0.4, -0.2) is 22.3 Å². The number of hydrogen-bond donors (Lipinski definition) is 1. The summed E-state index contributed by atoms with van der Waals surface area (Å²) in [6, 6.07) is 0. The summed E-state index contributed by atoms with van der Waals surface area (Å²) in [6.07, 6.45) is 8.25. The van der Waals surface area contributed by atoms with Crippen LogP contribution >= 0.6 is 0 Å². The summed E-state index contributed by atoms with van der Waals surface area (Å²) < 4.78 is 0. The summed E-state index contributed by atoms with van der Waals surface area (Å²) in [6.45, 7) is 2.16. The van der Waals surface area contributed by atoms with Crippen molar-refractivity contribution in [1.82, 2.24) is 0 Å². The molecular weight excluding hydrogens is 264 g/mol. The first-order valence-corrected chi connectivity index (χ1v) is 8.45. The van der Waals surface area contributed by atoms with E-state index in [0.29, 0.717) is 30.5 Å². The van der Waals surface area contributed by atoms with Crippen molar-refractivity contribution < 1.29 is 14.7 Å². The number of aliphatic hydroxyl groups is 1. The molecule has 0 radical (unpaired) electrons. The number of fused-ring (bicyclic) bond motifs is 5. The van der Waals surface area contributed by atoms with Crippen LogP contribution in [-0.2, 0) is 9.59 Å². The van der Waals surface area contributed by atoms with Gasteiger partial charge < -0.3 is 5.11 Å². The normalized spacial score (nSPS) is 49.2.